The predicted octanol–water partition coefficient (Wildman–Crippen LogP) is 4.09. The van der Waals surface area contributed by atoms with Crippen LogP contribution >= 0.6 is 11.3 Å². The maximum atomic E-state index is 15.1. The summed E-state index contributed by atoms with van der Waals surface area (Å²) in [6.07, 6.45) is 3.72. The quantitative estimate of drug-likeness (QED) is 0.308. The van der Waals surface area contributed by atoms with Gasteiger partial charge in [-0.25, -0.2) is 13.8 Å². The number of piperidine rings is 1. The maximum Gasteiger partial charge on any atom is 0.251 e. The molecule has 2 aromatic carbocycles. The highest BCUT2D eigenvalue weighted by Crippen LogP contribution is 2.34. The summed E-state index contributed by atoms with van der Waals surface area (Å²) < 4.78 is 31.2. The second kappa shape index (κ2) is 10.3. The summed E-state index contributed by atoms with van der Waals surface area (Å²) in [7, 11) is 0. The molecule has 38 heavy (non-hydrogen) atoms. The lowest BCUT2D eigenvalue weighted by molar-refractivity contribution is 0.0584. The van der Waals surface area contributed by atoms with E-state index in [9.17, 15) is 14.3 Å². The van der Waals surface area contributed by atoms with Crippen molar-refractivity contribution < 1.29 is 18.7 Å². The molecule has 1 unspecified atom stereocenters. The summed E-state index contributed by atoms with van der Waals surface area (Å²) in [5, 5.41) is 16.8. The lowest BCUT2D eigenvalue weighted by atomic mass is 9.92. The van der Waals surface area contributed by atoms with Gasteiger partial charge in [0.2, 0.25) is 0 Å². The molecule has 1 atom stereocenters. The van der Waals surface area contributed by atoms with Crippen LogP contribution in [0.3, 0.4) is 0 Å². The normalized spacial score (nSPS) is 21.0. The van der Waals surface area contributed by atoms with Gasteiger partial charge in [0.15, 0.2) is 4.96 Å². The first kappa shape index (κ1) is 25.4. The predicted molar refractivity (Wildman–Crippen MR) is 145 cm³/mol. The Labute approximate surface area is 223 Å². The Morgan fingerprint density at radius 2 is 2.08 bits per heavy atom. The molecule has 3 N–H and O–H groups in total. The third kappa shape index (κ3) is 4.93. The first-order valence-electron chi connectivity index (χ1n) is 13.2. The summed E-state index contributed by atoms with van der Waals surface area (Å²) in [5.41, 5.74) is 1.93. The summed E-state index contributed by atoms with van der Waals surface area (Å²) in [5.74, 6) is -0.536. The number of alkyl halides is 1. The molecule has 0 spiro atoms. The summed E-state index contributed by atoms with van der Waals surface area (Å²) in [4.78, 5) is 20.3. The van der Waals surface area contributed by atoms with Gasteiger partial charge < -0.3 is 20.6 Å². The van der Waals surface area contributed by atoms with E-state index in [-0.39, 0.29) is 5.91 Å². The number of aromatic nitrogens is 2. The number of halogens is 2. The second-order valence-electron chi connectivity index (χ2n) is 10.3. The zero-order valence-electron chi connectivity index (χ0n) is 21.1. The number of nitrogens with one attached hydrogen (secondary N) is 2. The smallest absolute Gasteiger partial charge is 0.251 e. The van der Waals surface area contributed by atoms with Gasteiger partial charge in [-0.05, 0) is 74.7 Å². The van der Waals surface area contributed by atoms with E-state index < -0.39 is 17.6 Å². The van der Waals surface area contributed by atoms with Crippen LogP contribution in [0.2, 0.25) is 0 Å². The minimum Gasteiger partial charge on any atom is -0.384 e. The fourth-order valence-corrected chi connectivity index (χ4v) is 6.49. The number of rotatable bonds is 7. The molecule has 2 saturated heterocycles. The number of β-amino-alcohol motifs (C(OH)–C–C–N with tert-alkyl or cyclic N) is 1. The second-order valence-corrected chi connectivity index (χ2v) is 11.4. The van der Waals surface area contributed by atoms with Crippen molar-refractivity contribution in [3.05, 3.63) is 59.5 Å². The Balaban J connectivity index is 1.13. The van der Waals surface area contributed by atoms with Crippen molar-refractivity contribution in [2.75, 3.05) is 39.3 Å². The van der Waals surface area contributed by atoms with Crippen LogP contribution in [-0.4, -0.2) is 70.7 Å². The first-order valence-corrected chi connectivity index (χ1v) is 14.0. The summed E-state index contributed by atoms with van der Waals surface area (Å²) in [6, 6.07) is 10.4. The van der Waals surface area contributed by atoms with Gasteiger partial charge in [0, 0.05) is 43.5 Å². The lowest BCUT2D eigenvalue weighted by Crippen LogP contribution is -2.36. The minimum absolute atomic E-state index is 0.123. The SMILES string of the molecule is O=C(NCCCN1CCC(F)CC1)c1ccc2c(c1)sc1nc(-c3ccc(C4(O)CCNC4)cc3F)cn12. The van der Waals surface area contributed by atoms with Gasteiger partial charge in [0.25, 0.3) is 5.91 Å². The van der Waals surface area contributed by atoms with Crippen molar-refractivity contribution in [1.82, 2.24) is 24.9 Å². The molecule has 10 heteroatoms. The largest absolute Gasteiger partial charge is 0.384 e. The molecule has 2 fully saturated rings. The number of hydrogen-bond donors (Lipinski definition) is 3. The molecule has 0 radical (unpaired) electrons. The topological polar surface area (TPSA) is 81.9 Å². The Kier molecular flexibility index (Phi) is 6.90. The van der Waals surface area contributed by atoms with Gasteiger partial charge >= 0.3 is 0 Å². The van der Waals surface area contributed by atoms with Crippen LogP contribution in [0, 0.1) is 5.82 Å². The molecule has 2 aliphatic rings. The Bertz CT molecular complexity index is 1470. The van der Waals surface area contributed by atoms with E-state index in [4.69, 9.17) is 0 Å². The van der Waals surface area contributed by atoms with Gasteiger partial charge in [-0.2, -0.15) is 0 Å². The monoisotopic (exact) mass is 539 g/mol. The molecule has 7 nitrogen and oxygen atoms in total. The molecule has 6 rings (SSSR count). The Morgan fingerprint density at radius 1 is 1.24 bits per heavy atom. The highest BCUT2D eigenvalue weighted by Gasteiger charge is 2.33. The molecule has 1 amide bonds. The number of hydrogen-bond acceptors (Lipinski definition) is 6. The highest BCUT2D eigenvalue weighted by atomic mass is 32.1. The van der Waals surface area contributed by atoms with Gasteiger partial charge in [-0.1, -0.05) is 17.4 Å². The van der Waals surface area contributed by atoms with Crippen molar-refractivity contribution >= 4 is 32.4 Å². The average molecular weight is 540 g/mol. The molecule has 200 valence electrons. The van der Waals surface area contributed by atoms with E-state index in [1.54, 1.807) is 18.2 Å². The van der Waals surface area contributed by atoms with Gasteiger partial charge in [0.1, 0.15) is 17.6 Å². The van der Waals surface area contributed by atoms with Crippen molar-refractivity contribution in [2.24, 2.45) is 0 Å². The van der Waals surface area contributed by atoms with E-state index in [1.165, 1.54) is 17.4 Å². The van der Waals surface area contributed by atoms with Crippen LogP contribution in [0.25, 0.3) is 26.4 Å². The van der Waals surface area contributed by atoms with Gasteiger partial charge in [-0.15, -0.1) is 0 Å². The van der Waals surface area contributed by atoms with E-state index in [0.29, 0.717) is 66.2 Å². The van der Waals surface area contributed by atoms with Gasteiger partial charge in [-0.3, -0.25) is 9.20 Å². The van der Waals surface area contributed by atoms with Crippen LogP contribution < -0.4 is 10.6 Å². The number of fused-ring (bicyclic) bond motifs is 3. The third-order valence-corrected chi connectivity index (χ3v) is 8.74. The molecule has 2 aromatic heterocycles. The summed E-state index contributed by atoms with van der Waals surface area (Å²) >= 11 is 1.45. The van der Waals surface area contributed by atoms with Crippen LogP contribution in [0.15, 0.2) is 42.6 Å². The van der Waals surface area contributed by atoms with Crippen LogP contribution in [0.1, 0.15) is 41.6 Å². The first-order chi connectivity index (χ1) is 18.4. The van der Waals surface area contributed by atoms with E-state index in [0.717, 1.165) is 36.3 Å². The molecule has 0 saturated carbocycles. The lowest BCUT2D eigenvalue weighted by Gasteiger charge is -2.28. The molecule has 0 aliphatic carbocycles. The number of carbonyl (C=O) groups is 1. The van der Waals surface area contributed by atoms with Crippen LogP contribution in [0.4, 0.5) is 8.78 Å². The van der Waals surface area contributed by atoms with E-state index in [1.807, 2.05) is 22.7 Å². The minimum atomic E-state index is -1.04. The van der Waals surface area contributed by atoms with Crippen molar-refractivity contribution in [3.63, 3.8) is 0 Å². The zero-order valence-corrected chi connectivity index (χ0v) is 21.9. The Morgan fingerprint density at radius 3 is 2.84 bits per heavy atom. The van der Waals surface area contributed by atoms with E-state index >= 15 is 4.39 Å². The number of likely N-dealkylation sites (tertiary alicyclic amines) is 1. The van der Waals surface area contributed by atoms with Crippen molar-refractivity contribution in [3.8, 4) is 11.3 Å². The number of benzene rings is 2. The van der Waals surface area contributed by atoms with Crippen molar-refractivity contribution in [1.29, 1.82) is 0 Å². The van der Waals surface area contributed by atoms with Gasteiger partial charge in [0.05, 0.1) is 15.9 Å². The number of amides is 1. The fraction of sp³-hybridized carbons (Fsp3) is 0.429. The molecular formula is C28H31F2N5O2S. The number of nitrogens with zero attached hydrogens (tertiary/aromatic N) is 3. The molecule has 2 aliphatic heterocycles. The molecule has 4 heterocycles. The number of imidazole rings is 1. The maximum absolute atomic E-state index is 15.1. The fourth-order valence-electron chi connectivity index (χ4n) is 5.44. The van der Waals surface area contributed by atoms with Crippen LogP contribution in [0.5, 0.6) is 0 Å². The number of thiazole rings is 1. The van der Waals surface area contributed by atoms with E-state index in [2.05, 4.69) is 20.5 Å². The number of carbonyl (C=O) groups excluding carboxylic acids is 1. The molecule has 4 aromatic rings. The zero-order chi connectivity index (χ0) is 26.3. The third-order valence-electron chi connectivity index (χ3n) is 7.73. The average Bonchev–Trinajstić information content (AvgIpc) is 3.62. The van der Waals surface area contributed by atoms with Crippen molar-refractivity contribution in [2.45, 2.75) is 37.5 Å². The number of aliphatic hydroxyl groups is 1. The summed E-state index contributed by atoms with van der Waals surface area (Å²) in [6.45, 7) is 4.12. The molecule has 0 bridgehead atoms. The Hall–Kier alpha value is -2.92. The molecular weight excluding hydrogens is 508 g/mol. The van der Waals surface area contributed by atoms with Crippen LogP contribution in [-0.2, 0) is 5.60 Å². The highest BCUT2D eigenvalue weighted by molar-refractivity contribution is 7.23. The standard InChI is InChI=1S/C28H31F2N5O2S/c29-20-6-12-34(13-7-20)11-1-9-32-26(36)18-2-5-24-25(14-18)38-27-33-23(16-35(24)27)21-4-3-19(15-22(21)30)28(37)8-10-31-17-28/h2-5,14-16,20,31,37H,1,6-13,17H2,(H,32,36).